The fourth-order valence-corrected chi connectivity index (χ4v) is 1.57. The maximum Gasteiger partial charge on any atom is 0.328 e. The summed E-state index contributed by atoms with van der Waals surface area (Å²) in [6.07, 6.45) is 13.1. The van der Waals surface area contributed by atoms with Gasteiger partial charge in [0.05, 0.1) is 6.04 Å². The summed E-state index contributed by atoms with van der Waals surface area (Å²) in [6.45, 7) is 14.5. The van der Waals surface area contributed by atoms with Crippen molar-refractivity contribution in [2.45, 2.75) is 39.8 Å². The van der Waals surface area contributed by atoms with Gasteiger partial charge in [-0.15, -0.1) is 0 Å². The van der Waals surface area contributed by atoms with E-state index in [0.29, 0.717) is 0 Å². The molecule has 0 bridgehead atoms. The zero-order chi connectivity index (χ0) is 20.1. The lowest BCUT2D eigenvalue weighted by atomic mass is 10.2. The topological polar surface area (TPSA) is 81.4 Å². The molecule has 142 valence electrons. The number of carbonyl (C=O) groups excluding carboxylic acids is 2. The molecule has 0 aromatic carbocycles. The standard InChI is InChI=1S/C21H30N2O3/c1-7-15(2)10-8-11-16(3)12-9-13-17(4)14-26-21(25)19(6)23-20(24)18(5)22/h7-13,18-19H,1-2,14,22H2,3-6H3,(H,23,24)/b10-8+,12-9+,16-11+,17-13+/t18-,19-/m0/s1. The molecule has 0 radical (unpaired) electrons. The van der Waals surface area contributed by atoms with Crippen LogP contribution in [-0.2, 0) is 14.3 Å². The van der Waals surface area contributed by atoms with Crippen molar-refractivity contribution in [1.82, 2.24) is 5.32 Å². The average Bonchev–Trinajstić information content (AvgIpc) is 2.59. The second kappa shape index (κ2) is 12.7. The highest BCUT2D eigenvalue weighted by atomic mass is 16.5. The fourth-order valence-electron chi connectivity index (χ4n) is 1.57. The predicted octanol–water partition coefficient (Wildman–Crippen LogP) is 3.13. The van der Waals surface area contributed by atoms with E-state index in [-0.39, 0.29) is 6.61 Å². The highest BCUT2D eigenvalue weighted by Crippen LogP contribution is 2.01. The molecule has 0 aliphatic rings. The van der Waals surface area contributed by atoms with Crippen LogP contribution in [0.1, 0.15) is 27.7 Å². The third-order valence-electron chi connectivity index (χ3n) is 3.24. The summed E-state index contributed by atoms with van der Waals surface area (Å²) in [5.74, 6) is -0.892. The molecule has 5 heteroatoms. The lowest BCUT2D eigenvalue weighted by Crippen LogP contribution is -2.46. The molecule has 3 N–H and O–H groups in total. The summed E-state index contributed by atoms with van der Waals surface area (Å²) in [5.41, 5.74) is 8.23. The average molecular weight is 358 g/mol. The van der Waals surface area contributed by atoms with Crippen LogP contribution < -0.4 is 11.1 Å². The molecular weight excluding hydrogens is 328 g/mol. The van der Waals surface area contributed by atoms with Crippen LogP contribution in [0, 0.1) is 0 Å². The second-order valence-corrected chi connectivity index (χ2v) is 6.05. The van der Waals surface area contributed by atoms with Crippen molar-refractivity contribution in [1.29, 1.82) is 0 Å². The Morgan fingerprint density at radius 3 is 2.35 bits per heavy atom. The minimum atomic E-state index is -0.737. The van der Waals surface area contributed by atoms with Gasteiger partial charge in [0.15, 0.2) is 0 Å². The van der Waals surface area contributed by atoms with Gasteiger partial charge in [-0.3, -0.25) is 4.79 Å². The maximum absolute atomic E-state index is 11.8. The predicted molar refractivity (Wildman–Crippen MR) is 107 cm³/mol. The van der Waals surface area contributed by atoms with E-state index in [1.807, 2.05) is 50.3 Å². The van der Waals surface area contributed by atoms with Gasteiger partial charge in [0.1, 0.15) is 12.6 Å². The molecule has 0 unspecified atom stereocenters. The largest absolute Gasteiger partial charge is 0.460 e. The number of carbonyl (C=O) groups is 2. The quantitative estimate of drug-likeness (QED) is 0.464. The Morgan fingerprint density at radius 1 is 1.15 bits per heavy atom. The van der Waals surface area contributed by atoms with Crippen molar-refractivity contribution in [3.05, 3.63) is 72.4 Å². The van der Waals surface area contributed by atoms with Crippen LogP contribution in [0.4, 0.5) is 0 Å². The van der Waals surface area contributed by atoms with Gasteiger partial charge in [-0.25, -0.2) is 4.79 Å². The molecule has 0 heterocycles. The van der Waals surface area contributed by atoms with E-state index in [1.54, 1.807) is 19.9 Å². The zero-order valence-corrected chi connectivity index (χ0v) is 16.1. The van der Waals surface area contributed by atoms with Crippen molar-refractivity contribution in [2.75, 3.05) is 6.61 Å². The van der Waals surface area contributed by atoms with Crippen LogP contribution in [0.5, 0.6) is 0 Å². The van der Waals surface area contributed by atoms with E-state index in [0.717, 1.165) is 16.7 Å². The normalized spacial score (nSPS) is 15.0. The molecule has 0 aliphatic heterocycles. The van der Waals surface area contributed by atoms with E-state index in [2.05, 4.69) is 18.5 Å². The van der Waals surface area contributed by atoms with Crippen LogP contribution >= 0.6 is 0 Å². The highest BCUT2D eigenvalue weighted by Gasteiger charge is 2.18. The fraction of sp³-hybridized carbons (Fsp3) is 0.333. The van der Waals surface area contributed by atoms with Crippen molar-refractivity contribution in [3.63, 3.8) is 0 Å². The van der Waals surface area contributed by atoms with Gasteiger partial charge in [-0.2, -0.15) is 0 Å². The van der Waals surface area contributed by atoms with Crippen LogP contribution in [-0.4, -0.2) is 30.6 Å². The van der Waals surface area contributed by atoms with Gasteiger partial charge < -0.3 is 15.8 Å². The van der Waals surface area contributed by atoms with E-state index in [4.69, 9.17) is 10.5 Å². The van der Waals surface area contributed by atoms with Crippen LogP contribution in [0.25, 0.3) is 0 Å². The molecule has 5 nitrogen and oxygen atoms in total. The molecule has 0 aromatic rings. The molecule has 26 heavy (non-hydrogen) atoms. The number of rotatable bonds is 10. The highest BCUT2D eigenvalue weighted by molar-refractivity contribution is 5.86. The molecule has 1 amide bonds. The third-order valence-corrected chi connectivity index (χ3v) is 3.24. The van der Waals surface area contributed by atoms with Crippen molar-refractivity contribution < 1.29 is 14.3 Å². The van der Waals surface area contributed by atoms with Crippen LogP contribution in [0.15, 0.2) is 72.4 Å². The summed E-state index contributed by atoms with van der Waals surface area (Å²) in [6, 6.07) is -1.41. The minimum absolute atomic E-state index is 0.156. The molecule has 0 rings (SSSR count). The number of hydrogen-bond donors (Lipinski definition) is 2. The Bertz CT molecular complexity index is 638. The zero-order valence-electron chi connectivity index (χ0n) is 16.1. The summed E-state index contributed by atoms with van der Waals surface area (Å²) in [5, 5.41) is 2.49. The van der Waals surface area contributed by atoms with Gasteiger partial charge in [-0.05, 0) is 38.8 Å². The van der Waals surface area contributed by atoms with Crippen LogP contribution in [0.2, 0.25) is 0 Å². The molecular formula is C21H30N2O3. The van der Waals surface area contributed by atoms with Crippen molar-refractivity contribution >= 4 is 11.9 Å². The maximum atomic E-state index is 11.8. The Morgan fingerprint density at radius 2 is 1.77 bits per heavy atom. The summed E-state index contributed by atoms with van der Waals surface area (Å²) < 4.78 is 5.17. The molecule has 0 aromatic heterocycles. The molecule has 0 fully saturated rings. The van der Waals surface area contributed by atoms with Crippen LogP contribution in [0.3, 0.4) is 0 Å². The Kier molecular flexibility index (Phi) is 11.4. The van der Waals surface area contributed by atoms with Gasteiger partial charge in [0, 0.05) is 0 Å². The van der Waals surface area contributed by atoms with Gasteiger partial charge in [0.25, 0.3) is 0 Å². The van der Waals surface area contributed by atoms with E-state index >= 15 is 0 Å². The molecule has 0 spiro atoms. The van der Waals surface area contributed by atoms with Gasteiger partial charge in [-0.1, -0.05) is 61.3 Å². The Balaban J connectivity index is 4.44. The first-order valence-corrected chi connectivity index (χ1v) is 8.40. The summed E-state index contributed by atoms with van der Waals surface area (Å²) in [7, 11) is 0. The molecule has 0 aliphatic carbocycles. The number of nitrogens with one attached hydrogen (secondary N) is 1. The summed E-state index contributed by atoms with van der Waals surface area (Å²) >= 11 is 0. The monoisotopic (exact) mass is 358 g/mol. The minimum Gasteiger partial charge on any atom is -0.460 e. The lowest BCUT2D eigenvalue weighted by molar-refractivity contribution is -0.146. The van der Waals surface area contributed by atoms with Gasteiger partial charge in [0.2, 0.25) is 5.91 Å². The first-order chi connectivity index (χ1) is 12.2. The lowest BCUT2D eigenvalue weighted by Gasteiger charge is -2.14. The Hall–Kier alpha value is -2.66. The Labute approximate surface area is 156 Å². The summed E-state index contributed by atoms with van der Waals surface area (Å²) in [4.78, 5) is 23.3. The molecule has 0 saturated carbocycles. The third kappa shape index (κ3) is 11.0. The van der Waals surface area contributed by atoms with E-state index in [1.165, 1.54) is 0 Å². The SMILES string of the molecule is C=CC(=C)/C=C/C=C(C)/C=C/C=C(\C)COC(=O)[C@H](C)NC(=O)[C@H](C)N. The van der Waals surface area contributed by atoms with E-state index < -0.39 is 24.0 Å². The van der Waals surface area contributed by atoms with Gasteiger partial charge >= 0.3 is 5.97 Å². The number of ether oxygens (including phenoxy) is 1. The number of allylic oxidation sites excluding steroid dienone is 9. The molecule has 2 atom stereocenters. The van der Waals surface area contributed by atoms with Crippen molar-refractivity contribution in [2.24, 2.45) is 5.73 Å². The van der Waals surface area contributed by atoms with Crippen molar-refractivity contribution in [3.8, 4) is 0 Å². The number of nitrogens with two attached hydrogens (primary N) is 1. The number of esters is 1. The number of amides is 1. The first kappa shape index (κ1) is 23.3. The smallest absolute Gasteiger partial charge is 0.328 e. The van der Waals surface area contributed by atoms with E-state index in [9.17, 15) is 9.59 Å². The second-order valence-electron chi connectivity index (χ2n) is 6.05. The first-order valence-electron chi connectivity index (χ1n) is 8.40. The molecule has 0 saturated heterocycles. The number of hydrogen-bond acceptors (Lipinski definition) is 4.